The number of para-hydroxylation sites is 1. The van der Waals surface area contributed by atoms with Gasteiger partial charge in [0.15, 0.2) is 0 Å². The van der Waals surface area contributed by atoms with E-state index in [0.29, 0.717) is 11.4 Å². The maximum atomic E-state index is 13.0. The van der Waals surface area contributed by atoms with Crippen molar-refractivity contribution in [2.24, 2.45) is 0 Å². The smallest absolute Gasteiger partial charge is 0.265 e. The molecule has 5 nitrogen and oxygen atoms in total. The summed E-state index contributed by atoms with van der Waals surface area (Å²) >= 11 is 1.48. The molecule has 0 radical (unpaired) electrons. The fourth-order valence-corrected chi connectivity index (χ4v) is 4.70. The zero-order valence-corrected chi connectivity index (χ0v) is 16.5. The lowest BCUT2D eigenvalue weighted by Crippen LogP contribution is -2.14. The standard InChI is InChI=1S/C20H19NO4S2/c1-24-15-12-13-18(25-2)20(14-15)27(22,23)21-17-10-6-7-11-19(17)26-16-8-4-3-5-9-16/h3-14,21H,1-2H3. The van der Waals surface area contributed by atoms with E-state index in [1.807, 2.05) is 42.5 Å². The summed E-state index contributed by atoms with van der Waals surface area (Å²) in [4.78, 5) is 1.83. The van der Waals surface area contributed by atoms with Gasteiger partial charge in [-0.05, 0) is 36.4 Å². The molecule has 7 heteroatoms. The third-order valence-electron chi connectivity index (χ3n) is 3.76. The SMILES string of the molecule is COc1ccc(OC)c(S(=O)(=O)Nc2ccccc2Sc2ccccc2)c1. The van der Waals surface area contributed by atoms with Gasteiger partial charge < -0.3 is 9.47 Å². The average Bonchev–Trinajstić information content (AvgIpc) is 2.69. The topological polar surface area (TPSA) is 64.6 Å². The predicted molar refractivity (Wildman–Crippen MR) is 107 cm³/mol. The van der Waals surface area contributed by atoms with Crippen LogP contribution in [-0.2, 0) is 10.0 Å². The second-order valence-corrected chi connectivity index (χ2v) is 8.30. The molecule has 0 heterocycles. The summed E-state index contributed by atoms with van der Waals surface area (Å²) in [6.45, 7) is 0. The van der Waals surface area contributed by atoms with Gasteiger partial charge in [0.2, 0.25) is 0 Å². The zero-order chi connectivity index (χ0) is 19.3. The van der Waals surface area contributed by atoms with Gasteiger partial charge in [-0.15, -0.1) is 0 Å². The third kappa shape index (κ3) is 4.56. The Morgan fingerprint density at radius 2 is 1.56 bits per heavy atom. The van der Waals surface area contributed by atoms with Crippen LogP contribution >= 0.6 is 11.8 Å². The van der Waals surface area contributed by atoms with Gasteiger partial charge in [-0.3, -0.25) is 4.72 Å². The first kappa shape index (κ1) is 19.1. The molecule has 0 aromatic heterocycles. The number of rotatable bonds is 7. The molecule has 1 N–H and O–H groups in total. The highest BCUT2D eigenvalue weighted by molar-refractivity contribution is 7.99. The van der Waals surface area contributed by atoms with Crippen LogP contribution in [0.15, 0.2) is 87.5 Å². The van der Waals surface area contributed by atoms with Gasteiger partial charge in [0.05, 0.1) is 19.9 Å². The number of hydrogen-bond donors (Lipinski definition) is 1. The molecule has 0 saturated heterocycles. The fraction of sp³-hybridized carbons (Fsp3) is 0.100. The molecule has 0 atom stereocenters. The van der Waals surface area contributed by atoms with Gasteiger partial charge in [-0.1, -0.05) is 42.1 Å². The molecule has 0 fully saturated rings. The van der Waals surface area contributed by atoms with Gasteiger partial charge >= 0.3 is 0 Å². The fourth-order valence-electron chi connectivity index (χ4n) is 2.45. The molecule has 0 aliphatic rings. The van der Waals surface area contributed by atoms with Crippen molar-refractivity contribution in [3.63, 3.8) is 0 Å². The van der Waals surface area contributed by atoms with Crippen LogP contribution in [0.5, 0.6) is 11.5 Å². The number of hydrogen-bond acceptors (Lipinski definition) is 5. The van der Waals surface area contributed by atoms with E-state index in [1.54, 1.807) is 24.3 Å². The second kappa shape index (κ2) is 8.37. The van der Waals surface area contributed by atoms with Crippen LogP contribution in [0, 0.1) is 0 Å². The van der Waals surface area contributed by atoms with Gasteiger partial charge in [0.1, 0.15) is 16.4 Å². The Morgan fingerprint density at radius 1 is 0.852 bits per heavy atom. The molecule has 0 bridgehead atoms. The Kier molecular flexibility index (Phi) is 5.93. The molecule has 3 rings (SSSR count). The summed E-state index contributed by atoms with van der Waals surface area (Å²) < 4.78 is 39.0. The minimum absolute atomic E-state index is 0.0175. The molecule has 0 aliphatic carbocycles. The van der Waals surface area contributed by atoms with Crippen molar-refractivity contribution in [1.82, 2.24) is 0 Å². The summed E-state index contributed by atoms with van der Waals surface area (Å²) in [6.07, 6.45) is 0. The molecule has 0 amide bonds. The van der Waals surface area contributed by atoms with Crippen molar-refractivity contribution in [2.45, 2.75) is 14.7 Å². The lowest BCUT2D eigenvalue weighted by atomic mass is 10.3. The molecule has 140 valence electrons. The third-order valence-corrected chi connectivity index (χ3v) is 6.23. The van der Waals surface area contributed by atoms with Crippen molar-refractivity contribution in [1.29, 1.82) is 0 Å². The maximum Gasteiger partial charge on any atom is 0.265 e. The Bertz CT molecular complexity index is 1020. The Morgan fingerprint density at radius 3 is 2.26 bits per heavy atom. The van der Waals surface area contributed by atoms with Gasteiger partial charge in [0.25, 0.3) is 10.0 Å². The van der Waals surface area contributed by atoms with Crippen LogP contribution < -0.4 is 14.2 Å². The average molecular weight is 402 g/mol. The normalized spacial score (nSPS) is 11.0. The molecule has 0 saturated carbocycles. The Balaban J connectivity index is 1.95. The first-order valence-corrected chi connectivity index (χ1v) is 10.4. The van der Waals surface area contributed by atoms with Crippen molar-refractivity contribution in [3.05, 3.63) is 72.8 Å². The largest absolute Gasteiger partial charge is 0.497 e. The molecule has 0 aliphatic heterocycles. The summed E-state index contributed by atoms with van der Waals surface area (Å²) in [5, 5.41) is 0. The molecule has 3 aromatic carbocycles. The number of anilines is 1. The van der Waals surface area contributed by atoms with Crippen molar-refractivity contribution < 1.29 is 17.9 Å². The first-order valence-electron chi connectivity index (χ1n) is 8.10. The molecule has 3 aromatic rings. The molecule has 0 spiro atoms. The van der Waals surface area contributed by atoms with E-state index >= 15 is 0 Å². The quantitative estimate of drug-likeness (QED) is 0.624. The van der Waals surface area contributed by atoms with Gasteiger partial charge in [-0.25, -0.2) is 8.42 Å². The Hall–Kier alpha value is -2.64. The van der Waals surface area contributed by atoms with Gasteiger partial charge in [-0.2, -0.15) is 0 Å². The monoisotopic (exact) mass is 401 g/mol. The minimum Gasteiger partial charge on any atom is -0.497 e. The van der Waals surface area contributed by atoms with Crippen LogP contribution in [0.25, 0.3) is 0 Å². The Labute approximate surface area is 163 Å². The van der Waals surface area contributed by atoms with E-state index in [1.165, 1.54) is 32.0 Å². The van der Waals surface area contributed by atoms with E-state index in [-0.39, 0.29) is 10.6 Å². The molecule has 27 heavy (non-hydrogen) atoms. The number of nitrogens with one attached hydrogen (secondary N) is 1. The maximum absolute atomic E-state index is 13.0. The van der Waals surface area contributed by atoms with E-state index in [4.69, 9.17) is 9.47 Å². The van der Waals surface area contributed by atoms with E-state index in [9.17, 15) is 8.42 Å². The summed E-state index contributed by atoms with van der Waals surface area (Å²) in [5.74, 6) is 0.680. The van der Waals surface area contributed by atoms with Crippen LogP contribution in [0.3, 0.4) is 0 Å². The van der Waals surface area contributed by atoms with Crippen molar-refractivity contribution in [2.75, 3.05) is 18.9 Å². The highest BCUT2D eigenvalue weighted by atomic mass is 32.2. The summed E-state index contributed by atoms with van der Waals surface area (Å²) in [7, 11) is -0.958. The van der Waals surface area contributed by atoms with Crippen LogP contribution in [-0.4, -0.2) is 22.6 Å². The number of ether oxygens (including phenoxy) is 2. The molecular formula is C20H19NO4S2. The number of methoxy groups -OCH3 is 2. The molecular weight excluding hydrogens is 382 g/mol. The highest BCUT2D eigenvalue weighted by Crippen LogP contribution is 2.35. The van der Waals surface area contributed by atoms with Crippen LogP contribution in [0.1, 0.15) is 0 Å². The van der Waals surface area contributed by atoms with Crippen molar-refractivity contribution in [3.8, 4) is 11.5 Å². The van der Waals surface area contributed by atoms with Crippen LogP contribution in [0.2, 0.25) is 0 Å². The van der Waals surface area contributed by atoms with Crippen LogP contribution in [0.4, 0.5) is 5.69 Å². The van der Waals surface area contributed by atoms with E-state index in [0.717, 1.165) is 9.79 Å². The number of sulfonamides is 1. The van der Waals surface area contributed by atoms with E-state index in [2.05, 4.69) is 4.72 Å². The lowest BCUT2D eigenvalue weighted by molar-refractivity contribution is 0.392. The predicted octanol–water partition coefficient (Wildman–Crippen LogP) is 4.66. The first-order chi connectivity index (χ1) is 13.0. The molecule has 0 unspecified atom stereocenters. The van der Waals surface area contributed by atoms with Crippen molar-refractivity contribution >= 4 is 27.5 Å². The summed E-state index contributed by atoms with van der Waals surface area (Å²) in [6, 6.07) is 21.7. The van der Waals surface area contributed by atoms with Gasteiger partial charge in [0, 0.05) is 15.9 Å². The second-order valence-electron chi connectivity index (χ2n) is 5.53. The summed E-state index contributed by atoms with van der Waals surface area (Å²) in [5.41, 5.74) is 0.497. The lowest BCUT2D eigenvalue weighted by Gasteiger charge is -2.15. The zero-order valence-electron chi connectivity index (χ0n) is 14.9. The van der Waals surface area contributed by atoms with E-state index < -0.39 is 10.0 Å². The minimum atomic E-state index is -3.87. The number of benzene rings is 3. The highest BCUT2D eigenvalue weighted by Gasteiger charge is 2.22.